The summed E-state index contributed by atoms with van der Waals surface area (Å²) >= 11 is 0. The fourth-order valence-electron chi connectivity index (χ4n) is 1.30. The predicted octanol–water partition coefficient (Wildman–Crippen LogP) is 1.02. The van der Waals surface area contributed by atoms with Gasteiger partial charge >= 0.3 is 5.97 Å². The van der Waals surface area contributed by atoms with Crippen molar-refractivity contribution in [2.75, 3.05) is 18.2 Å². The molecule has 0 bridgehead atoms. The van der Waals surface area contributed by atoms with Gasteiger partial charge in [0.05, 0.1) is 18.4 Å². The second-order valence-electron chi connectivity index (χ2n) is 3.53. The molecule has 3 N–H and O–H groups in total. The van der Waals surface area contributed by atoms with Gasteiger partial charge in [0.15, 0.2) is 0 Å². The maximum absolute atomic E-state index is 11.3. The van der Waals surface area contributed by atoms with E-state index in [9.17, 15) is 4.79 Å². The number of nitrogens with zero attached hydrogens (tertiary/aromatic N) is 1. The van der Waals surface area contributed by atoms with Crippen molar-refractivity contribution in [3.63, 3.8) is 0 Å². The number of methoxy groups -OCH3 is 1. The SMILES string of the molecule is COC(=O)c1ccnc(NC2CC2)c1N. The number of hydrogen-bond donors (Lipinski definition) is 2. The number of esters is 1. The number of nitrogens with two attached hydrogens (primary N) is 1. The van der Waals surface area contributed by atoms with E-state index in [1.165, 1.54) is 7.11 Å². The van der Waals surface area contributed by atoms with E-state index < -0.39 is 5.97 Å². The average Bonchev–Trinajstić information content (AvgIpc) is 3.04. The van der Waals surface area contributed by atoms with Crippen LogP contribution in [0.3, 0.4) is 0 Å². The van der Waals surface area contributed by atoms with E-state index >= 15 is 0 Å². The van der Waals surface area contributed by atoms with Crippen LogP contribution in [0, 0.1) is 0 Å². The second kappa shape index (κ2) is 3.76. The third kappa shape index (κ3) is 2.01. The number of pyridine rings is 1. The van der Waals surface area contributed by atoms with Crippen molar-refractivity contribution < 1.29 is 9.53 Å². The number of ether oxygens (including phenoxy) is 1. The van der Waals surface area contributed by atoms with Gasteiger partial charge in [-0.1, -0.05) is 0 Å². The highest BCUT2D eigenvalue weighted by Crippen LogP contribution is 2.28. The third-order valence-corrected chi connectivity index (χ3v) is 2.31. The molecule has 0 saturated heterocycles. The van der Waals surface area contributed by atoms with Gasteiger partial charge in [-0.15, -0.1) is 0 Å². The van der Waals surface area contributed by atoms with Crippen LogP contribution >= 0.6 is 0 Å². The highest BCUT2D eigenvalue weighted by atomic mass is 16.5. The van der Waals surface area contributed by atoms with Crippen LogP contribution in [0.25, 0.3) is 0 Å². The van der Waals surface area contributed by atoms with Gasteiger partial charge in [0.25, 0.3) is 0 Å². The Balaban J connectivity index is 2.27. The summed E-state index contributed by atoms with van der Waals surface area (Å²) in [5.74, 6) is 0.133. The Morgan fingerprint density at radius 2 is 2.40 bits per heavy atom. The Morgan fingerprint density at radius 1 is 1.67 bits per heavy atom. The van der Waals surface area contributed by atoms with E-state index in [-0.39, 0.29) is 0 Å². The predicted molar refractivity (Wildman–Crippen MR) is 56.6 cm³/mol. The Morgan fingerprint density at radius 3 is 3.00 bits per heavy atom. The van der Waals surface area contributed by atoms with Crippen molar-refractivity contribution >= 4 is 17.5 Å². The van der Waals surface area contributed by atoms with E-state index in [0.29, 0.717) is 23.1 Å². The van der Waals surface area contributed by atoms with Gasteiger partial charge in [0.2, 0.25) is 0 Å². The molecule has 15 heavy (non-hydrogen) atoms. The Hall–Kier alpha value is -1.78. The van der Waals surface area contributed by atoms with Crippen LogP contribution in [0.5, 0.6) is 0 Å². The first-order chi connectivity index (χ1) is 7.22. The number of carbonyl (C=O) groups excluding carboxylic acids is 1. The number of nitrogens with one attached hydrogen (secondary N) is 1. The molecule has 0 aromatic carbocycles. The number of rotatable bonds is 3. The molecule has 1 saturated carbocycles. The number of anilines is 2. The minimum Gasteiger partial charge on any atom is -0.465 e. The highest BCUT2D eigenvalue weighted by molar-refractivity contribution is 5.97. The zero-order valence-electron chi connectivity index (χ0n) is 8.49. The summed E-state index contributed by atoms with van der Waals surface area (Å²) in [7, 11) is 1.33. The van der Waals surface area contributed by atoms with E-state index in [4.69, 9.17) is 5.73 Å². The number of hydrogen-bond acceptors (Lipinski definition) is 5. The molecule has 5 heteroatoms. The van der Waals surface area contributed by atoms with Gasteiger partial charge in [0.1, 0.15) is 5.82 Å². The minimum absolute atomic E-state index is 0.357. The Bertz CT molecular complexity index is 388. The molecule has 1 aliphatic rings. The lowest BCUT2D eigenvalue weighted by Gasteiger charge is -2.09. The number of nitrogen functional groups attached to an aromatic ring is 1. The standard InChI is InChI=1S/C10H13N3O2/c1-15-10(14)7-4-5-12-9(8(7)11)13-6-2-3-6/h4-6H,2-3,11H2,1H3,(H,12,13). The summed E-state index contributed by atoms with van der Waals surface area (Å²) in [5, 5.41) is 3.16. The summed E-state index contributed by atoms with van der Waals surface area (Å²) in [5.41, 5.74) is 6.52. The fraction of sp³-hybridized carbons (Fsp3) is 0.400. The average molecular weight is 207 g/mol. The van der Waals surface area contributed by atoms with Crippen molar-refractivity contribution in [1.82, 2.24) is 4.98 Å². The first-order valence-corrected chi connectivity index (χ1v) is 4.81. The lowest BCUT2D eigenvalue weighted by molar-refractivity contribution is 0.0602. The van der Waals surface area contributed by atoms with Crippen LogP contribution in [0.2, 0.25) is 0 Å². The van der Waals surface area contributed by atoms with Crippen LogP contribution in [0.4, 0.5) is 11.5 Å². The van der Waals surface area contributed by atoms with Crippen LogP contribution in [0.15, 0.2) is 12.3 Å². The lowest BCUT2D eigenvalue weighted by atomic mass is 10.2. The fourth-order valence-corrected chi connectivity index (χ4v) is 1.30. The zero-order chi connectivity index (χ0) is 10.8. The molecule has 1 heterocycles. The zero-order valence-corrected chi connectivity index (χ0v) is 8.49. The van der Waals surface area contributed by atoms with Gasteiger partial charge in [0, 0.05) is 12.2 Å². The molecule has 0 aliphatic heterocycles. The molecule has 1 aromatic rings. The topological polar surface area (TPSA) is 77.2 Å². The summed E-state index contributed by atoms with van der Waals surface area (Å²) in [6.07, 6.45) is 3.81. The first-order valence-electron chi connectivity index (χ1n) is 4.81. The maximum atomic E-state index is 11.3. The van der Waals surface area contributed by atoms with Crippen LogP contribution in [-0.2, 0) is 4.74 Å². The summed E-state index contributed by atoms with van der Waals surface area (Å²) in [6, 6.07) is 2.01. The molecule has 0 unspecified atom stereocenters. The molecule has 0 spiro atoms. The molecule has 0 radical (unpaired) electrons. The summed E-state index contributed by atoms with van der Waals surface area (Å²) in [6.45, 7) is 0. The monoisotopic (exact) mass is 207 g/mol. The number of carbonyl (C=O) groups is 1. The molecule has 2 rings (SSSR count). The largest absolute Gasteiger partial charge is 0.465 e. The quantitative estimate of drug-likeness (QED) is 0.724. The van der Waals surface area contributed by atoms with Gasteiger partial charge in [-0.3, -0.25) is 0 Å². The molecule has 80 valence electrons. The van der Waals surface area contributed by atoms with Gasteiger partial charge < -0.3 is 15.8 Å². The van der Waals surface area contributed by atoms with Crippen molar-refractivity contribution in [2.24, 2.45) is 0 Å². The van der Waals surface area contributed by atoms with Gasteiger partial charge in [-0.25, -0.2) is 9.78 Å². The number of aromatic nitrogens is 1. The van der Waals surface area contributed by atoms with Crippen LogP contribution in [-0.4, -0.2) is 24.1 Å². The molecule has 1 aromatic heterocycles. The molecule has 1 fully saturated rings. The molecule has 1 aliphatic carbocycles. The molecular weight excluding hydrogens is 194 g/mol. The van der Waals surface area contributed by atoms with Crippen molar-refractivity contribution in [2.45, 2.75) is 18.9 Å². The van der Waals surface area contributed by atoms with Crippen LogP contribution < -0.4 is 11.1 Å². The lowest BCUT2D eigenvalue weighted by Crippen LogP contribution is -2.11. The normalized spacial score (nSPS) is 14.7. The second-order valence-corrected chi connectivity index (χ2v) is 3.53. The Kier molecular flexibility index (Phi) is 2.45. The van der Waals surface area contributed by atoms with Gasteiger partial charge in [-0.05, 0) is 18.9 Å². The van der Waals surface area contributed by atoms with E-state index in [1.807, 2.05) is 0 Å². The van der Waals surface area contributed by atoms with Crippen molar-refractivity contribution in [3.05, 3.63) is 17.8 Å². The first kappa shape index (κ1) is 9.76. The van der Waals surface area contributed by atoms with Crippen LogP contribution in [0.1, 0.15) is 23.2 Å². The summed E-state index contributed by atoms with van der Waals surface area (Å²) in [4.78, 5) is 15.4. The van der Waals surface area contributed by atoms with E-state index in [0.717, 1.165) is 12.8 Å². The highest BCUT2D eigenvalue weighted by Gasteiger charge is 2.23. The smallest absolute Gasteiger partial charge is 0.340 e. The van der Waals surface area contributed by atoms with E-state index in [1.54, 1.807) is 12.3 Å². The Labute approximate surface area is 87.6 Å². The molecule has 0 amide bonds. The van der Waals surface area contributed by atoms with Crippen molar-refractivity contribution in [3.8, 4) is 0 Å². The maximum Gasteiger partial charge on any atom is 0.340 e. The van der Waals surface area contributed by atoms with Gasteiger partial charge in [-0.2, -0.15) is 0 Å². The van der Waals surface area contributed by atoms with E-state index in [2.05, 4.69) is 15.0 Å². The molecule has 5 nitrogen and oxygen atoms in total. The summed E-state index contributed by atoms with van der Waals surface area (Å²) < 4.78 is 4.62. The molecule has 0 atom stereocenters. The van der Waals surface area contributed by atoms with Crippen molar-refractivity contribution in [1.29, 1.82) is 0 Å². The molecular formula is C10H13N3O2. The third-order valence-electron chi connectivity index (χ3n) is 2.31. The minimum atomic E-state index is -0.436.